The Morgan fingerprint density at radius 3 is 2.31 bits per heavy atom. The Kier molecular flexibility index (Phi) is 14.7. The normalized spacial score (nSPS) is 12.0. The number of hydrogen-bond donors (Lipinski definition) is 6. The third-order valence-electron chi connectivity index (χ3n) is 4.38. The molecule has 182 valence electrons. The van der Waals surface area contributed by atoms with Crippen molar-refractivity contribution in [2.75, 3.05) is 33.7 Å². The molecule has 0 heterocycles. The molecule has 32 heavy (non-hydrogen) atoms. The van der Waals surface area contributed by atoms with Crippen molar-refractivity contribution in [3.63, 3.8) is 0 Å². The summed E-state index contributed by atoms with van der Waals surface area (Å²) in [5.74, 6) is -0.558. The summed E-state index contributed by atoms with van der Waals surface area (Å²) in [7, 11) is 3.76. The van der Waals surface area contributed by atoms with Gasteiger partial charge < -0.3 is 42.4 Å². The van der Waals surface area contributed by atoms with E-state index in [-0.39, 0.29) is 18.4 Å². The van der Waals surface area contributed by atoms with Gasteiger partial charge in [0.05, 0.1) is 18.4 Å². The van der Waals surface area contributed by atoms with Gasteiger partial charge in [-0.2, -0.15) is 0 Å². The van der Waals surface area contributed by atoms with Gasteiger partial charge in [0.1, 0.15) is 12.3 Å². The second kappa shape index (κ2) is 16.4. The Morgan fingerprint density at radius 2 is 1.75 bits per heavy atom. The molecule has 0 saturated heterocycles. The first-order valence-corrected chi connectivity index (χ1v) is 10.5. The lowest BCUT2D eigenvalue weighted by molar-refractivity contribution is -0.130. The highest BCUT2D eigenvalue weighted by molar-refractivity contribution is 5.90. The first kappa shape index (κ1) is 28.7. The second-order valence-corrected chi connectivity index (χ2v) is 7.49. The molecule has 12 heteroatoms. The lowest BCUT2D eigenvalue weighted by atomic mass is 10.1. The number of nitrogens with zero attached hydrogens (tertiary/aromatic N) is 2. The molecule has 12 nitrogen and oxygen atoms in total. The van der Waals surface area contributed by atoms with E-state index >= 15 is 0 Å². The maximum Gasteiger partial charge on any atom is 0.243 e. The number of amides is 3. The largest absolute Gasteiger partial charge is 0.372 e. The SMILES string of the molecule is C=C(NCCCC[C@@H](NC(C)=O)C(=O)NCC(=O)N[C@H](C=O)CCCN=C(N)N)N(C)C. The molecule has 0 spiro atoms. The van der Waals surface area contributed by atoms with E-state index in [9.17, 15) is 19.2 Å². The quantitative estimate of drug-likeness (QED) is 0.0639. The minimum absolute atomic E-state index is 0.0385. The number of nitrogens with two attached hydrogens (primary N) is 2. The van der Waals surface area contributed by atoms with E-state index in [0.29, 0.717) is 45.1 Å². The Morgan fingerprint density at radius 1 is 1.06 bits per heavy atom. The van der Waals surface area contributed by atoms with E-state index in [1.165, 1.54) is 6.92 Å². The minimum Gasteiger partial charge on any atom is -0.372 e. The van der Waals surface area contributed by atoms with Crippen molar-refractivity contribution in [3.8, 4) is 0 Å². The summed E-state index contributed by atoms with van der Waals surface area (Å²) >= 11 is 0. The number of carbonyl (C=O) groups excluding carboxylic acids is 4. The van der Waals surface area contributed by atoms with E-state index in [2.05, 4.69) is 32.8 Å². The number of unbranched alkanes of at least 4 members (excludes halogenated alkanes) is 1. The number of guanidine groups is 1. The van der Waals surface area contributed by atoms with Crippen LogP contribution in [0, 0.1) is 0 Å². The molecule has 0 aromatic carbocycles. The van der Waals surface area contributed by atoms with Gasteiger partial charge in [-0.1, -0.05) is 6.58 Å². The lowest BCUT2D eigenvalue weighted by Gasteiger charge is -2.19. The molecule has 0 unspecified atom stereocenters. The van der Waals surface area contributed by atoms with Gasteiger partial charge in [0.15, 0.2) is 5.96 Å². The van der Waals surface area contributed by atoms with Gasteiger partial charge in [-0.05, 0) is 32.1 Å². The summed E-state index contributed by atoms with van der Waals surface area (Å²) in [6.45, 7) is 5.91. The summed E-state index contributed by atoms with van der Waals surface area (Å²) in [5, 5.41) is 10.8. The van der Waals surface area contributed by atoms with Crippen LogP contribution in [0.4, 0.5) is 0 Å². The zero-order valence-electron chi connectivity index (χ0n) is 19.3. The van der Waals surface area contributed by atoms with Gasteiger partial charge >= 0.3 is 0 Å². The summed E-state index contributed by atoms with van der Waals surface area (Å²) in [6.07, 6.45) is 3.37. The van der Waals surface area contributed by atoms with Crippen LogP contribution in [0.2, 0.25) is 0 Å². The fraction of sp³-hybridized carbons (Fsp3) is 0.650. The molecule has 0 aliphatic carbocycles. The molecule has 2 atom stereocenters. The van der Waals surface area contributed by atoms with Crippen molar-refractivity contribution in [1.82, 2.24) is 26.2 Å². The van der Waals surface area contributed by atoms with Crippen molar-refractivity contribution in [3.05, 3.63) is 12.4 Å². The Bertz CT molecular complexity index is 662. The van der Waals surface area contributed by atoms with Crippen LogP contribution in [0.3, 0.4) is 0 Å². The molecule has 8 N–H and O–H groups in total. The number of hydrogen-bond acceptors (Lipinski definition) is 7. The predicted octanol–water partition coefficient (Wildman–Crippen LogP) is -1.86. The molecule has 0 rings (SSSR count). The average molecular weight is 455 g/mol. The van der Waals surface area contributed by atoms with Gasteiger partial charge in [0.25, 0.3) is 0 Å². The van der Waals surface area contributed by atoms with E-state index < -0.39 is 23.9 Å². The molecule has 0 fully saturated rings. The molecule has 0 bridgehead atoms. The molecule has 0 aliphatic rings. The van der Waals surface area contributed by atoms with Gasteiger partial charge in [0.2, 0.25) is 17.7 Å². The van der Waals surface area contributed by atoms with Crippen LogP contribution in [-0.4, -0.2) is 80.7 Å². The fourth-order valence-electron chi connectivity index (χ4n) is 2.62. The monoisotopic (exact) mass is 454 g/mol. The van der Waals surface area contributed by atoms with Crippen LogP contribution in [0.15, 0.2) is 17.4 Å². The molecular formula is C20H38N8O4. The summed E-state index contributed by atoms with van der Waals surface area (Å²) < 4.78 is 0. The highest BCUT2D eigenvalue weighted by Crippen LogP contribution is 2.02. The average Bonchev–Trinajstić information content (AvgIpc) is 2.72. The number of aliphatic imine (C=N–C) groups is 1. The molecule has 0 saturated carbocycles. The highest BCUT2D eigenvalue weighted by atomic mass is 16.2. The standard InChI is InChI=1S/C20H38N8O4/c1-14(28(3)4)23-10-6-5-9-17(26-15(2)30)19(32)25-12-18(31)27-16(13-29)8-7-11-24-20(21)22/h13,16-17,23H,1,5-12H2,2-4H3,(H,25,32)(H,26,30)(H,27,31)(H4,21,22,24)/t16-,17+/m0/s1. The van der Waals surface area contributed by atoms with Crippen molar-refractivity contribution in [2.24, 2.45) is 16.5 Å². The van der Waals surface area contributed by atoms with Crippen LogP contribution in [0.5, 0.6) is 0 Å². The van der Waals surface area contributed by atoms with Crippen molar-refractivity contribution >= 4 is 30.0 Å². The third kappa shape index (κ3) is 14.6. The van der Waals surface area contributed by atoms with E-state index in [4.69, 9.17) is 11.5 Å². The second-order valence-electron chi connectivity index (χ2n) is 7.49. The van der Waals surface area contributed by atoms with Crippen LogP contribution in [-0.2, 0) is 19.2 Å². The van der Waals surface area contributed by atoms with Crippen molar-refractivity contribution < 1.29 is 19.2 Å². The molecule has 0 aliphatic heterocycles. The highest BCUT2D eigenvalue weighted by Gasteiger charge is 2.20. The van der Waals surface area contributed by atoms with Gasteiger partial charge in [-0.3, -0.25) is 19.4 Å². The van der Waals surface area contributed by atoms with Crippen LogP contribution in [0.25, 0.3) is 0 Å². The van der Waals surface area contributed by atoms with E-state index in [0.717, 1.165) is 12.2 Å². The smallest absolute Gasteiger partial charge is 0.243 e. The van der Waals surface area contributed by atoms with Crippen LogP contribution in [0.1, 0.15) is 39.0 Å². The Balaban J connectivity index is 4.42. The number of aldehydes is 1. The molecule has 3 amide bonds. The minimum atomic E-state index is -0.751. The number of nitrogens with one attached hydrogen (secondary N) is 4. The molecule has 0 aromatic rings. The van der Waals surface area contributed by atoms with Crippen molar-refractivity contribution in [1.29, 1.82) is 0 Å². The maximum atomic E-state index is 12.4. The molecule has 0 radical (unpaired) electrons. The summed E-state index contributed by atoms with van der Waals surface area (Å²) in [5.41, 5.74) is 10.5. The zero-order chi connectivity index (χ0) is 24.5. The van der Waals surface area contributed by atoms with Crippen LogP contribution < -0.4 is 32.7 Å². The van der Waals surface area contributed by atoms with Crippen molar-refractivity contribution in [2.45, 2.75) is 51.1 Å². The zero-order valence-corrected chi connectivity index (χ0v) is 19.3. The van der Waals surface area contributed by atoms with Gasteiger partial charge in [0, 0.05) is 34.1 Å². The maximum absolute atomic E-state index is 12.4. The Labute approximate surface area is 189 Å². The molecule has 0 aromatic heterocycles. The Hall–Kier alpha value is -3.31. The fourth-order valence-corrected chi connectivity index (χ4v) is 2.62. The van der Waals surface area contributed by atoms with E-state index in [1.54, 1.807) is 0 Å². The number of rotatable bonds is 17. The van der Waals surface area contributed by atoms with Crippen LogP contribution >= 0.6 is 0 Å². The first-order chi connectivity index (χ1) is 15.1. The van der Waals surface area contributed by atoms with Gasteiger partial charge in [-0.25, -0.2) is 0 Å². The first-order valence-electron chi connectivity index (χ1n) is 10.5. The lowest BCUT2D eigenvalue weighted by Crippen LogP contribution is -2.49. The number of carbonyl (C=O) groups is 4. The summed E-state index contributed by atoms with van der Waals surface area (Å²) in [6, 6.07) is -1.46. The van der Waals surface area contributed by atoms with E-state index in [1.807, 2.05) is 19.0 Å². The van der Waals surface area contributed by atoms with Gasteiger partial charge in [-0.15, -0.1) is 0 Å². The molecular weight excluding hydrogens is 416 g/mol. The summed E-state index contributed by atoms with van der Waals surface area (Å²) in [4.78, 5) is 52.7. The third-order valence-corrected chi connectivity index (χ3v) is 4.38. The topological polar surface area (TPSA) is 184 Å². The predicted molar refractivity (Wildman–Crippen MR) is 123 cm³/mol.